The molecule has 0 aliphatic heterocycles. The molecule has 8 nitrogen and oxygen atoms in total. The van der Waals surface area contributed by atoms with E-state index in [0.29, 0.717) is 12.2 Å². The molecule has 0 fully saturated rings. The summed E-state index contributed by atoms with van der Waals surface area (Å²) < 4.78 is 0. The first-order valence-electron chi connectivity index (χ1n) is 8.60. The van der Waals surface area contributed by atoms with Crippen LogP contribution in [0.3, 0.4) is 0 Å². The Balaban J connectivity index is 2.05. The van der Waals surface area contributed by atoms with Crippen LogP contribution in [0, 0.1) is 10.1 Å². The molecule has 0 bridgehead atoms. The average Bonchev–Trinajstić information content (AvgIpc) is 2.63. The van der Waals surface area contributed by atoms with Crippen molar-refractivity contribution >= 4 is 34.6 Å². The van der Waals surface area contributed by atoms with E-state index in [1.165, 1.54) is 18.2 Å². The second-order valence-electron chi connectivity index (χ2n) is 7.11. The number of nitrogens with one attached hydrogen (secondary N) is 4. The molecular formula is C19H23N5O3S. The van der Waals surface area contributed by atoms with Crippen LogP contribution in [0.15, 0.2) is 48.5 Å². The lowest BCUT2D eigenvalue weighted by Crippen LogP contribution is -2.52. The van der Waals surface area contributed by atoms with Crippen molar-refractivity contribution in [3.63, 3.8) is 0 Å². The standard InChI is InChI=1S/C19H23N5O3S/c1-19(2,3)21-18(28)23-22-17(25)14-9-10-15(16(11-14)24(26)27)20-12-13-7-5-4-6-8-13/h4-11,20H,12H2,1-3H3,(H,22,25)(H2,21,23,28). The molecule has 0 spiro atoms. The summed E-state index contributed by atoms with van der Waals surface area (Å²) in [5.74, 6) is -0.532. The molecule has 4 N–H and O–H groups in total. The van der Waals surface area contributed by atoms with Crippen LogP contribution in [0.5, 0.6) is 0 Å². The molecule has 0 unspecified atom stereocenters. The predicted molar refractivity (Wildman–Crippen MR) is 113 cm³/mol. The summed E-state index contributed by atoms with van der Waals surface area (Å²) in [6, 6.07) is 13.8. The summed E-state index contributed by atoms with van der Waals surface area (Å²) in [4.78, 5) is 23.2. The molecule has 0 aromatic heterocycles. The van der Waals surface area contributed by atoms with Crippen molar-refractivity contribution in [1.82, 2.24) is 16.2 Å². The third-order valence-electron chi connectivity index (χ3n) is 3.56. The monoisotopic (exact) mass is 401 g/mol. The number of benzene rings is 2. The van der Waals surface area contributed by atoms with Crippen molar-refractivity contribution in [2.75, 3.05) is 5.32 Å². The minimum Gasteiger partial charge on any atom is -0.375 e. The van der Waals surface area contributed by atoms with Crippen LogP contribution in [-0.2, 0) is 6.54 Å². The van der Waals surface area contributed by atoms with Crippen LogP contribution in [0.1, 0.15) is 36.7 Å². The lowest BCUT2D eigenvalue weighted by molar-refractivity contribution is -0.384. The lowest BCUT2D eigenvalue weighted by Gasteiger charge is -2.23. The van der Waals surface area contributed by atoms with Gasteiger partial charge in [0.15, 0.2) is 5.11 Å². The summed E-state index contributed by atoms with van der Waals surface area (Å²) >= 11 is 5.08. The summed E-state index contributed by atoms with van der Waals surface area (Å²) in [6.45, 7) is 6.20. The Morgan fingerprint density at radius 3 is 2.39 bits per heavy atom. The highest BCUT2D eigenvalue weighted by Crippen LogP contribution is 2.26. The highest BCUT2D eigenvalue weighted by Gasteiger charge is 2.18. The van der Waals surface area contributed by atoms with Crippen molar-refractivity contribution in [1.29, 1.82) is 0 Å². The lowest BCUT2D eigenvalue weighted by atomic mass is 10.1. The predicted octanol–water partition coefficient (Wildman–Crippen LogP) is 3.11. The zero-order chi connectivity index (χ0) is 20.7. The van der Waals surface area contributed by atoms with Crippen molar-refractivity contribution in [2.24, 2.45) is 0 Å². The maximum Gasteiger partial charge on any atom is 0.293 e. The minimum absolute atomic E-state index is 0.142. The number of hydrogen-bond acceptors (Lipinski definition) is 5. The maximum absolute atomic E-state index is 12.3. The van der Waals surface area contributed by atoms with Gasteiger partial charge >= 0.3 is 0 Å². The van der Waals surface area contributed by atoms with Gasteiger partial charge in [0.2, 0.25) is 0 Å². The Morgan fingerprint density at radius 2 is 1.79 bits per heavy atom. The first-order chi connectivity index (χ1) is 13.2. The van der Waals surface area contributed by atoms with Crippen molar-refractivity contribution in [2.45, 2.75) is 32.9 Å². The molecule has 148 valence electrons. The zero-order valence-electron chi connectivity index (χ0n) is 15.9. The molecule has 0 aliphatic rings. The van der Waals surface area contributed by atoms with E-state index in [1.54, 1.807) is 0 Å². The van der Waals surface area contributed by atoms with Crippen molar-refractivity contribution in [3.8, 4) is 0 Å². The number of hydrogen-bond donors (Lipinski definition) is 4. The highest BCUT2D eigenvalue weighted by atomic mass is 32.1. The molecule has 0 saturated carbocycles. The Labute approximate surface area is 168 Å². The maximum atomic E-state index is 12.3. The molecule has 2 aromatic carbocycles. The Hall–Kier alpha value is -3.20. The van der Waals surface area contributed by atoms with Crippen LogP contribution in [-0.4, -0.2) is 21.5 Å². The summed E-state index contributed by atoms with van der Waals surface area (Å²) in [5.41, 5.74) is 6.03. The molecule has 28 heavy (non-hydrogen) atoms. The molecule has 0 saturated heterocycles. The molecule has 0 heterocycles. The largest absolute Gasteiger partial charge is 0.375 e. The zero-order valence-corrected chi connectivity index (χ0v) is 16.7. The Bertz CT molecular complexity index is 866. The molecule has 2 rings (SSSR count). The number of carbonyl (C=O) groups is 1. The van der Waals surface area contributed by atoms with E-state index in [2.05, 4.69) is 21.5 Å². The fraction of sp³-hybridized carbons (Fsp3) is 0.263. The number of anilines is 1. The number of rotatable bonds is 5. The molecule has 1 amide bonds. The quantitative estimate of drug-likeness (QED) is 0.346. The molecule has 0 radical (unpaired) electrons. The Kier molecular flexibility index (Phi) is 6.89. The number of nitro benzene ring substituents is 1. The van der Waals surface area contributed by atoms with Gasteiger partial charge in [-0.15, -0.1) is 0 Å². The van der Waals surface area contributed by atoms with Gasteiger partial charge in [0.05, 0.1) is 4.92 Å². The van der Waals surface area contributed by atoms with E-state index >= 15 is 0 Å². The van der Waals surface area contributed by atoms with Gasteiger partial charge in [-0.25, -0.2) is 0 Å². The van der Waals surface area contributed by atoms with Gasteiger partial charge in [-0.3, -0.25) is 25.8 Å². The van der Waals surface area contributed by atoms with E-state index in [0.717, 1.165) is 5.56 Å². The third-order valence-corrected chi connectivity index (χ3v) is 3.76. The van der Waals surface area contributed by atoms with Gasteiger partial charge in [-0.05, 0) is 50.7 Å². The summed E-state index contributed by atoms with van der Waals surface area (Å²) in [6.07, 6.45) is 0. The van der Waals surface area contributed by atoms with Crippen LogP contribution in [0.2, 0.25) is 0 Å². The number of thiocarbonyl (C=S) groups is 1. The van der Waals surface area contributed by atoms with Gasteiger partial charge in [-0.2, -0.15) is 0 Å². The smallest absolute Gasteiger partial charge is 0.293 e. The first-order valence-corrected chi connectivity index (χ1v) is 9.01. The SMILES string of the molecule is CC(C)(C)NC(=S)NNC(=O)c1ccc(NCc2ccccc2)c([N+](=O)[O-])c1. The summed E-state index contributed by atoms with van der Waals surface area (Å²) in [5, 5.41) is 17.7. The molecular weight excluding hydrogens is 378 g/mol. The van der Waals surface area contributed by atoms with E-state index in [1.807, 2.05) is 51.1 Å². The van der Waals surface area contributed by atoms with Crippen molar-refractivity contribution in [3.05, 3.63) is 69.8 Å². The van der Waals surface area contributed by atoms with Crippen LogP contribution < -0.4 is 21.5 Å². The number of carbonyl (C=O) groups excluding carboxylic acids is 1. The van der Waals surface area contributed by atoms with Gasteiger partial charge in [0.25, 0.3) is 11.6 Å². The van der Waals surface area contributed by atoms with E-state index in [-0.39, 0.29) is 21.9 Å². The molecule has 0 atom stereocenters. The highest BCUT2D eigenvalue weighted by molar-refractivity contribution is 7.80. The van der Waals surface area contributed by atoms with Gasteiger partial charge in [0, 0.05) is 23.7 Å². The fourth-order valence-corrected chi connectivity index (χ4v) is 2.68. The molecule has 2 aromatic rings. The van der Waals surface area contributed by atoms with Crippen LogP contribution in [0.25, 0.3) is 0 Å². The molecule has 9 heteroatoms. The second kappa shape index (κ2) is 9.14. The van der Waals surface area contributed by atoms with Crippen LogP contribution in [0.4, 0.5) is 11.4 Å². The van der Waals surface area contributed by atoms with Gasteiger partial charge < -0.3 is 10.6 Å². The van der Waals surface area contributed by atoms with Crippen LogP contribution >= 0.6 is 12.2 Å². The van der Waals surface area contributed by atoms with E-state index in [4.69, 9.17) is 12.2 Å². The van der Waals surface area contributed by atoms with E-state index in [9.17, 15) is 14.9 Å². The number of hydrazine groups is 1. The number of nitro groups is 1. The average molecular weight is 401 g/mol. The third kappa shape index (κ3) is 6.51. The number of amides is 1. The second-order valence-corrected chi connectivity index (χ2v) is 7.52. The Morgan fingerprint density at radius 1 is 1.11 bits per heavy atom. The fourth-order valence-electron chi connectivity index (χ4n) is 2.32. The minimum atomic E-state index is -0.532. The number of nitrogens with zero attached hydrogens (tertiary/aromatic N) is 1. The first kappa shape index (κ1) is 21.1. The van der Waals surface area contributed by atoms with Crippen molar-refractivity contribution < 1.29 is 9.72 Å². The summed E-state index contributed by atoms with van der Waals surface area (Å²) in [7, 11) is 0. The van der Waals surface area contributed by atoms with Gasteiger partial charge in [-0.1, -0.05) is 30.3 Å². The molecule has 0 aliphatic carbocycles. The van der Waals surface area contributed by atoms with Gasteiger partial charge in [0.1, 0.15) is 5.69 Å². The topological polar surface area (TPSA) is 108 Å². The van der Waals surface area contributed by atoms with E-state index < -0.39 is 10.8 Å². The normalized spacial score (nSPS) is 10.7.